The fourth-order valence-electron chi connectivity index (χ4n) is 3.83. The van der Waals surface area contributed by atoms with Crippen molar-refractivity contribution in [3.8, 4) is 0 Å². The van der Waals surface area contributed by atoms with E-state index < -0.39 is 11.2 Å². The number of rotatable bonds is 2. The molecule has 0 spiro atoms. The summed E-state index contributed by atoms with van der Waals surface area (Å²) in [5.74, 6) is 0.822. The van der Waals surface area contributed by atoms with Gasteiger partial charge < -0.3 is 19.2 Å². The largest absolute Gasteiger partial charge is 0.459 e. The Morgan fingerprint density at radius 3 is 2.50 bits per heavy atom. The first kappa shape index (κ1) is 20.8. The van der Waals surface area contributed by atoms with E-state index in [4.69, 9.17) is 20.8 Å². The summed E-state index contributed by atoms with van der Waals surface area (Å²) in [4.78, 5) is 14.2. The van der Waals surface area contributed by atoms with Crippen molar-refractivity contribution in [3.63, 3.8) is 0 Å². The molecular formula is C24H26ClNO4. The highest BCUT2D eigenvalue weighted by atomic mass is 35.5. The summed E-state index contributed by atoms with van der Waals surface area (Å²) in [5.41, 5.74) is 1.16. The minimum absolute atomic E-state index is 0.346. The smallest absolute Gasteiger partial charge is 0.410 e. The molecule has 0 fully saturated rings. The van der Waals surface area contributed by atoms with Gasteiger partial charge in [-0.15, -0.1) is 0 Å². The van der Waals surface area contributed by atoms with Crippen molar-refractivity contribution in [2.24, 2.45) is 0 Å². The van der Waals surface area contributed by atoms with E-state index in [-0.39, 0.29) is 6.09 Å². The van der Waals surface area contributed by atoms with Crippen LogP contribution in [-0.4, -0.2) is 28.2 Å². The molecule has 6 heteroatoms. The first-order valence-corrected chi connectivity index (χ1v) is 10.4. The van der Waals surface area contributed by atoms with E-state index in [1.54, 1.807) is 17.9 Å². The molecule has 0 saturated carbocycles. The van der Waals surface area contributed by atoms with Crippen LogP contribution in [0.2, 0.25) is 5.02 Å². The molecule has 5 nitrogen and oxygen atoms in total. The molecule has 0 aliphatic carbocycles. The second kappa shape index (κ2) is 7.33. The summed E-state index contributed by atoms with van der Waals surface area (Å²) in [5, 5.41) is 12.5. The fraction of sp³-hybridized carbons (Fsp3) is 0.375. The fourth-order valence-corrected chi connectivity index (χ4v) is 4.09. The molecule has 2 aromatic carbocycles. The SMILES string of the molecule is CC(C)(C)OC(=O)N1CCc2oc3c(Cl)cc(C(C)(O)c4ccccc4)cc3c2C1. The molecule has 0 bridgehead atoms. The van der Waals surface area contributed by atoms with Gasteiger partial charge in [0.15, 0.2) is 5.58 Å². The Balaban J connectivity index is 1.74. The van der Waals surface area contributed by atoms with Gasteiger partial charge >= 0.3 is 6.09 Å². The van der Waals surface area contributed by atoms with E-state index in [0.717, 1.165) is 22.3 Å². The van der Waals surface area contributed by atoms with Gasteiger partial charge in [0.05, 0.1) is 11.6 Å². The lowest BCUT2D eigenvalue weighted by Crippen LogP contribution is -2.39. The van der Waals surface area contributed by atoms with Crippen LogP contribution in [0.1, 0.15) is 50.1 Å². The molecule has 1 atom stereocenters. The Morgan fingerprint density at radius 2 is 1.83 bits per heavy atom. The van der Waals surface area contributed by atoms with Gasteiger partial charge in [0.2, 0.25) is 0 Å². The molecule has 1 aliphatic heterocycles. The third-order valence-electron chi connectivity index (χ3n) is 5.44. The summed E-state index contributed by atoms with van der Waals surface area (Å²) in [7, 11) is 0. The Labute approximate surface area is 181 Å². The van der Waals surface area contributed by atoms with Gasteiger partial charge in [-0.25, -0.2) is 4.79 Å². The topological polar surface area (TPSA) is 62.9 Å². The number of aliphatic hydroxyl groups is 1. The molecule has 1 unspecified atom stereocenters. The number of furan rings is 1. The van der Waals surface area contributed by atoms with E-state index >= 15 is 0 Å². The van der Waals surface area contributed by atoms with Gasteiger partial charge in [0, 0.05) is 23.9 Å². The molecular weight excluding hydrogens is 402 g/mol. The maximum Gasteiger partial charge on any atom is 0.410 e. The van der Waals surface area contributed by atoms with E-state index in [2.05, 4.69) is 0 Å². The Bertz CT molecular complexity index is 1100. The van der Waals surface area contributed by atoms with E-state index in [1.807, 2.05) is 57.2 Å². The van der Waals surface area contributed by atoms with Crippen molar-refractivity contribution >= 4 is 28.7 Å². The number of benzene rings is 2. The standard InChI is InChI=1S/C24H26ClNO4/c1-23(2,3)30-22(27)26-11-10-20-18(14-26)17-12-16(13-19(25)21(17)29-20)24(4,28)15-8-6-5-7-9-15/h5-9,12-13,28H,10-11,14H2,1-4H3. The molecule has 2 heterocycles. The number of nitrogens with zero attached hydrogens (tertiary/aromatic N) is 1. The molecule has 4 rings (SSSR count). The van der Waals surface area contributed by atoms with Crippen molar-refractivity contribution in [1.82, 2.24) is 4.90 Å². The highest BCUT2D eigenvalue weighted by molar-refractivity contribution is 6.35. The minimum Gasteiger partial charge on any atom is -0.459 e. The summed E-state index contributed by atoms with van der Waals surface area (Å²) in [6.07, 6.45) is 0.241. The maximum absolute atomic E-state index is 12.6. The van der Waals surface area contributed by atoms with Gasteiger partial charge in [-0.2, -0.15) is 0 Å². The third kappa shape index (κ3) is 3.80. The Kier molecular flexibility index (Phi) is 5.07. The number of halogens is 1. The monoisotopic (exact) mass is 427 g/mol. The van der Waals surface area contributed by atoms with Crippen LogP contribution < -0.4 is 0 Å². The van der Waals surface area contributed by atoms with Crippen LogP contribution in [0.5, 0.6) is 0 Å². The number of carbonyl (C=O) groups excluding carboxylic acids is 1. The molecule has 1 amide bonds. The van der Waals surface area contributed by atoms with Crippen molar-refractivity contribution in [2.45, 2.75) is 51.9 Å². The predicted octanol–water partition coefficient (Wildman–Crippen LogP) is 5.64. The van der Waals surface area contributed by atoms with Crippen LogP contribution in [0.3, 0.4) is 0 Å². The lowest BCUT2D eigenvalue weighted by molar-refractivity contribution is 0.0220. The Hall–Kier alpha value is -2.50. The molecule has 30 heavy (non-hydrogen) atoms. The van der Waals surface area contributed by atoms with E-state index in [9.17, 15) is 9.90 Å². The first-order chi connectivity index (χ1) is 14.1. The number of fused-ring (bicyclic) bond motifs is 3. The zero-order valence-electron chi connectivity index (χ0n) is 17.7. The highest BCUT2D eigenvalue weighted by Gasteiger charge is 2.32. The predicted molar refractivity (Wildman–Crippen MR) is 117 cm³/mol. The maximum atomic E-state index is 12.6. The number of hydrogen-bond donors (Lipinski definition) is 1. The summed E-state index contributed by atoms with van der Waals surface area (Å²) >= 11 is 6.55. The Morgan fingerprint density at radius 1 is 1.13 bits per heavy atom. The second-order valence-corrected chi connectivity index (χ2v) is 9.34. The summed E-state index contributed by atoms with van der Waals surface area (Å²) < 4.78 is 11.6. The third-order valence-corrected chi connectivity index (χ3v) is 5.72. The average molecular weight is 428 g/mol. The van der Waals surface area contributed by atoms with Gasteiger partial charge in [-0.05, 0) is 51.0 Å². The number of carbonyl (C=O) groups is 1. The van der Waals surface area contributed by atoms with Crippen molar-refractivity contribution in [1.29, 1.82) is 0 Å². The summed E-state index contributed by atoms with van der Waals surface area (Å²) in [6, 6.07) is 13.1. The molecule has 0 saturated heterocycles. The van der Waals surface area contributed by atoms with Crippen LogP contribution in [0.15, 0.2) is 46.9 Å². The van der Waals surface area contributed by atoms with Crippen LogP contribution in [-0.2, 0) is 23.3 Å². The average Bonchev–Trinajstić information content (AvgIpc) is 3.06. The van der Waals surface area contributed by atoms with Crippen LogP contribution in [0.4, 0.5) is 4.79 Å². The lowest BCUT2D eigenvalue weighted by atomic mass is 9.87. The molecule has 1 aliphatic rings. The minimum atomic E-state index is -1.22. The van der Waals surface area contributed by atoms with Gasteiger partial charge in [0.25, 0.3) is 0 Å². The zero-order chi connectivity index (χ0) is 21.7. The molecule has 158 valence electrons. The molecule has 1 aromatic heterocycles. The second-order valence-electron chi connectivity index (χ2n) is 8.93. The molecule has 0 radical (unpaired) electrons. The highest BCUT2D eigenvalue weighted by Crippen LogP contribution is 2.39. The van der Waals surface area contributed by atoms with Gasteiger partial charge in [-0.3, -0.25) is 0 Å². The normalized spacial score (nSPS) is 16.3. The van der Waals surface area contributed by atoms with Crippen molar-refractivity contribution in [3.05, 3.63) is 69.9 Å². The molecule has 3 aromatic rings. The summed E-state index contributed by atoms with van der Waals surface area (Å²) in [6.45, 7) is 8.21. The number of ether oxygens (including phenoxy) is 1. The van der Waals surface area contributed by atoms with E-state index in [0.29, 0.717) is 35.7 Å². The number of amides is 1. The lowest BCUT2D eigenvalue weighted by Gasteiger charge is -2.29. The van der Waals surface area contributed by atoms with Gasteiger partial charge in [-0.1, -0.05) is 41.9 Å². The van der Waals surface area contributed by atoms with Crippen molar-refractivity contribution in [2.75, 3.05) is 6.54 Å². The van der Waals surface area contributed by atoms with Crippen LogP contribution >= 0.6 is 11.6 Å². The van der Waals surface area contributed by atoms with Crippen LogP contribution in [0.25, 0.3) is 11.0 Å². The van der Waals surface area contributed by atoms with Gasteiger partial charge in [0.1, 0.15) is 17.0 Å². The van der Waals surface area contributed by atoms with Crippen molar-refractivity contribution < 1.29 is 19.1 Å². The number of hydrogen-bond acceptors (Lipinski definition) is 4. The zero-order valence-corrected chi connectivity index (χ0v) is 18.4. The molecule has 1 N–H and O–H groups in total. The van der Waals surface area contributed by atoms with Crippen LogP contribution in [0, 0.1) is 0 Å². The van der Waals surface area contributed by atoms with E-state index in [1.165, 1.54) is 0 Å². The quantitative estimate of drug-likeness (QED) is 0.575. The first-order valence-electron chi connectivity index (χ1n) is 10.1.